The molecule has 0 aliphatic rings. The van der Waals surface area contributed by atoms with Crippen molar-refractivity contribution in [2.45, 2.75) is 19.9 Å². The lowest BCUT2D eigenvalue weighted by Crippen LogP contribution is -2.35. The maximum atomic E-state index is 12.1. The Hall–Kier alpha value is -1.92. The standard InChI is InChI=1S/C15H23N3O3/c1-10(11(2)16)14(19)18-13-7-5-4-6-12(13)15(20)17-8-9-21-3/h4-7,10-11H,8-9,16H2,1-3H3,(H,17,20)(H,18,19). The van der Waals surface area contributed by atoms with Crippen LogP contribution >= 0.6 is 0 Å². The summed E-state index contributed by atoms with van der Waals surface area (Å²) >= 11 is 0. The summed E-state index contributed by atoms with van der Waals surface area (Å²) in [5.74, 6) is -0.798. The second kappa shape index (κ2) is 8.39. The summed E-state index contributed by atoms with van der Waals surface area (Å²) in [6, 6.07) is 6.60. The van der Waals surface area contributed by atoms with Crippen molar-refractivity contribution in [2.24, 2.45) is 11.7 Å². The predicted octanol–water partition coefficient (Wildman–Crippen LogP) is 0.985. The lowest BCUT2D eigenvalue weighted by atomic mass is 10.0. The third-order valence-corrected chi connectivity index (χ3v) is 3.22. The van der Waals surface area contributed by atoms with Gasteiger partial charge in [-0.15, -0.1) is 0 Å². The van der Waals surface area contributed by atoms with Gasteiger partial charge in [0, 0.05) is 19.7 Å². The Balaban J connectivity index is 2.79. The van der Waals surface area contributed by atoms with E-state index < -0.39 is 0 Å². The first-order valence-electron chi connectivity index (χ1n) is 6.90. The first kappa shape index (κ1) is 17.1. The fraction of sp³-hybridized carbons (Fsp3) is 0.467. The Bertz CT molecular complexity index is 489. The van der Waals surface area contributed by atoms with Gasteiger partial charge in [0.15, 0.2) is 0 Å². The highest BCUT2D eigenvalue weighted by atomic mass is 16.5. The SMILES string of the molecule is COCCNC(=O)c1ccccc1NC(=O)C(C)C(C)N. The number of carbonyl (C=O) groups excluding carboxylic acids is 2. The Labute approximate surface area is 125 Å². The van der Waals surface area contributed by atoms with Crippen molar-refractivity contribution in [3.63, 3.8) is 0 Å². The minimum absolute atomic E-state index is 0.206. The highest BCUT2D eigenvalue weighted by Crippen LogP contribution is 2.16. The molecule has 0 fully saturated rings. The highest BCUT2D eigenvalue weighted by Gasteiger charge is 2.19. The van der Waals surface area contributed by atoms with Crippen LogP contribution in [0.15, 0.2) is 24.3 Å². The number of rotatable bonds is 7. The highest BCUT2D eigenvalue weighted by molar-refractivity contribution is 6.04. The molecule has 0 saturated carbocycles. The van der Waals surface area contributed by atoms with Crippen molar-refractivity contribution in [3.05, 3.63) is 29.8 Å². The molecule has 2 amide bonds. The smallest absolute Gasteiger partial charge is 0.253 e. The van der Waals surface area contributed by atoms with Crippen LogP contribution in [0, 0.1) is 5.92 Å². The molecule has 0 aliphatic carbocycles. The minimum atomic E-state index is -0.338. The third kappa shape index (κ3) is 5.17. The van der Waals surface area contributed by atoms with Crippen molar-refractivity contribution in [2.75, 3.05) is 25.6 Å². The zero-order valence-corrected chi connectivity index (χ0v) is 12.7. The Morgan fingerprint density at radius 3 is 2.57 bits per heavy atom. The maximum Gasteiger partial charge on any atom is 0.253 e. The van der Waals surface area contributed by atoms with Crippen LogP contribution in [-0.2, 0) is 9.53 Å². The van der Waals surface area contributed by atoms with Gasteiger partial charge in [0.25, 0.3) is 5.91 Å². The topological polar surface area (TPSA) is 93.5 Å². The molecule has 0 spiro atoms. The van der Waals surface area contributed by atoms with Crippen molar-refractivity contribution < 1.29 is 14.3 Å². The molecule has 0 heterocycles. The van der Waals surface area contributed by atoms with Crippen LogP contribution in [0.3, 0.4) is 0 Å². The first-order chi connectivity index (χ1) is 9.97. The number of hydrogen-bond donors (Lipinski definition) is 3. The van der Waals surface area contributed by atoms with E-state index in [1.807, 2.05) is 0 Å². The van der Waals surface area contributed by atoms with E-state index in [2.05, 4.69) is 10.6 Å². The van der Waals surface area contributed by atoms with Gasteiger partial charge in [-0.1, -0.05) is 19.1 Å². The summed E-state index contributed by atoms with van der Waals surface area (Å²) < 4.78 is 4.88. The summed E-state index contributed by atoms with van der Waals surface area (Å²) in [7, 11) is 1.57. The molecule has 116 valence electrons. The van der Waals surface area contributed by atoms with Crippen LogP contribution in [0.4, 0.5) is 5.69 Å². The summed E-state index contributed by atoms with van der Waals surface area (Å²) in [5, 5.41) is 5.48. The molecule has 21 heavy (non-hydrogen) atoms. The molecule has 6 heteroatoms. The van der Waals surface area contributed by atoms with E-state index in [0.717, 1.165) is 0 Å². The first-order valence-corrected chi connectivity index (χ1v) is 6.90. The van der Waals surface area contributed by atoms with E-state index in [-0.39, 0.29) is 23.8 Å². The van der Waals surface area contributed by atoms with Gasteiger partial charge in [-0.3, -0.25) is 9.59 Å². The molecular formula is C15H23N3O3. The van der Waals surface area contributed by atoms with Crippen molar-refractivity contribution >= 4 is 17.5 Å². The normalized spacial score (nSPS) is 13.3. The quantitative estimate of drug-likeness (QED) is 0.653. The molecule has 1 aromatic carbocycles. The van der Waals surface area contributed by atoms with Crippen LogP contribution in [0.5, 0.6) is 0 Å². The van der Waals surface area contributed by atoms with Crippen molar-refractivity contribution in [1.29, 1.82) is 0 Å². The molecule has 0 aromatic heterocycles. The molecule has 1 rings (SSSR count). The van der Waals surface area contributed by atoms with Crippen LogP contribution in [-0.4, -0.2) is 38.1 Å². The van der Waals surface area contributed by atoms with E-state index in [1.54, 1.807) is 45.2 Å². The van der Waals surface area contributed by atoms with E-state index in [4.69, 9.17) is 10.5 Å². The van der Waals surface area contributed by atoms with E-state index in [1.165, 1.54) is 0 Å². The zero-order valence-electron chi connectivity index (χ0n) is 12.7. The van der Waals surface area contributed by atoms with E-state index in [0.29, 0.717) is 24.4 Å². The number of methoxy groups -OCH3 is 1. The number of para-hydroxylation sites is 1. The Morgan fingerprint density at radius 1 is 1.29 bits per heavy atom. The maximum absolute atomic E-state index is 12.1. The molecule has 0 radical (unpaired) electrons. The van der Waals surface area contributed by atoms with Crippen LogP contribution < -0.4 is 16.4 Å². The number of carbonyl (C=O) groups is 2. The predicted molar refractivity (Wildman–Crippen MR) is 82.1 cm³/mol. The number of hydrogen-bond acceptors (Lipinski definition) is 4. The zero-order chi connectivity index (χ0) is 15.8. The van der Waals surface area contributed by atoms with E-state index in [9.17, 15) is 9.59 Å². The second-order valence-electron chi connectivity index (χ2n) is 4.93. The Kier molecular flexibility index (Phi) is 6.84. The third-order valence-electron chi connectivity index (χ3n) is 3.22. The summed E-state index contributed by atoms with van der Waals surface area (Å²) in [5.41, 5.74) is 6.61. The number of amides is 2. The molecule has 0 saturated heterocycles. The molecule has 2 atom stereocenters. The number of benzene rings is 1. The molecule has 6 nitrogen and oxygen atoms in total. The van der Waals surface area contributed by atoms with Crippen molar-refractivity contribution in [1.82, 2.24) is 5.32 Å². The van der Waals surface area contributed by atoms with Gasteiger partial charge in [-0.2, -0.15) is 0 Å². The average Bonchev–Trinajstić information content (AvgIpc) is 2.46. The van der Waals surface area contributed by atoms with Crippen LogP contribution in [0.25, 0.3) is 0 Å². The van der Waals surface area contributed by atoms with Gasteiger partial charge in [0.2, 0.25) is 5.91 Å². The summed E-state index contributed by atoms with van der Waals surface area (Å²) in [6.45, 7) is 4.37. The molecule has 4 N–H and O–H groups in total. The number of ether oxygens (including phenoxy) is 1. The summed E-state index contributed by atoms with van der Waals surface area (Å²) in [6.07, 6.45) is 0. The lowest BCUT2D eigenvalue weighted by molar-refractivity contribution is -0.119. The molecule has 0 bridgehead atoms. The number of anilines is 1. The van der Waals surface area contributed by atoms with Gasteiger partial charge in [0.1, 0.15) is 0 Å². The molecule has 0 aliphatic heterocycles. The number of nitrogens with one attached hydrogen (secondary N) is 2. The van der Waals surface area contributed by atoms with Gasteiger partial charge in [-0.05, 0) is 19.1 Å². The fourth-order valence-corrected chi connectivity index (χ4v) is 1.64. The molecule has 2 unspecified atom stereocenters. The Morgan fingerprint density at radius 2 is 1.95 bits per heavy atom. The van der Waals surface area contributed by atoms with Crippen LogP contribution in [0.1, 0.15) is 24.2 Å². The summed E-state index contributed by atoms with van der Waals surface area (Å²) in [4.78, 5) is 24.1. The number of nitrogens with two attached hydrogens (primary N) is 1. The second-order valence-corrected chi connectivity index (χ2v) is 4.93. The lowest BCUT2D eigenvalue weighted by Gasteiger charge is -2.17. The van der Waals surface area contributed by atoms with Gasteiger partial charge >= 0.3 is 0 Å². The molecule has 1 aromatic rings. The average molecular weight is 293 g/mol. The minimum Gasteiger partial charge on any atom is -0.383 e. The van der Waals surface area contributed by atoms with E-state index >= 15 is 0 Å². The largest absolute Gasteiger partial charge is 0.383 e. The van der Waals surface area contributed by atoms with Gasteiger partial charge in [0.05, 0.1) is 23.8 Å². The fourth-order valence-electron chi connectivity index (χ4n) is 1.64. The van der Waals surface area contributed by atoms with Crippen LogP contribution in [0.2, 0.25) is 0 Å². The molecular weight excluding hydrogens is 270 g/mol. The van der Waals surface area contributed by atoms with Gasteiger partial charge < -0.3 is 21.1 Å². The van der Waals surface area contributed by atoms with Crippen molar-refractivity contribution in [3.8, 4) is 0 Å². The van der Waals surface area contributed by atoms with Gasteiger partial charge in [-0.25, -0.2) is 0 Å². The monoisotopic (exact) mass is 293 g/mol.